The topological polar surface area (TPSA) is 85.4 Å². The van der Waals surface area contributed by atoms with E-state index in [9.17, 15) is 8.42 Å². The molecule has 4 heterocycles. The van der Waals surface area contributed by atoms with Crippen molar-refractivity contribution in [2.75, 3.05) is 6.54 Å². The van der Waals surface area contributed by atoms with Crippen LogP contribution < -0.4 is 0 Å². The SMILES string of the molecule is Cn1cnc(S(=O)(=O)N2CCCC[C@H]2c2ccn3nccc3n2)c1. The van der Waals surface area contributed by atoms with Gasteiger partial charge in [-0.05, 0) is 18.9 Å². The molecule has 4 rings (SSSR count). The van der Waals surface area contributed by atoms with Crippen LogP contribution in [-0.4, -0.2) is 43.4 Å². The molecule has 0 radical (unpaired) electrons. The summed E-state index contributed by atoms with van der Waals surface area (Å²) in [6.07, 6.45) is 9.11. The molecule has 9 heteroatoms. The minimum absolute atomic E-state index is 0.0855. The quantitative estimate of drug-likeness (QED) is 0.715. The smallest absolute Gasteiger partial charge is 0.262 e. The van der Waals surface area contributed by atoms with E-state index in [-0.39, 0.29) is 11.1 Å². The second kappa shape index (κ2) is 5.67. The Kier molecular flexibility index (Phi) is 3.61. The zero-order valence-electron chi connectivity index (χ0n) is 13.3. The molecular formula is C15H18N6O2S. The fraction of sp³-hybridized carbons (Fsp3) is 0.400. The number of aryl methyl sites for hydroxylation is 1. The number of piperidine rings is 1. The Morgan fingerprint density at radius 3 is 2.92 bits per heavy atom. The lowest BCUT2D eigenvalue weighted by Crippen LogP contribution is -2.39. The van der Waals surface area contributed by atoms with Crippen molar-refractivity contribution < 1.29 is 8.42 Å². The van der Waals surface area contributed by atoms with Crippen molar-refractivity contribution in [1.29, 1.82) is 0 Å². The summed E-state index contributed by atoms with van der Waals surface area (Å²) in [5.74, 6) is 0. The maximum Gasteiger partial charge on any atom is 0.262 e. The summed E-state index contributed by atoms with van der Waals surface area (Å²) in [7, 11) is -1.88. The average molecular weight is 346 g/mol. The molecule has 126 valence electrons. The number of hydrogen-bond donors (Lipinski definition) is 0. The first-order valence-corrected chi connectivity index (χ1v) is 9.30. The Hall–Kier alpha value is -2.26. The van der Waals surface area contributed by atoms with E-state index in [0.29, 0.717) is 12.2 Å². The molecule has 0 aromatic carbocycles. The molecule has 1 saturated heterocycles. The molecule has 0 saturated carbocycles. The summed E-state index contributed by atoms with van der Waals surface area (Å²) in [5.41, 5.74) is 1.47. The summed E-state index contributed by atoms with van der Waals surface area (Å²) in [6, 6.07) is 3.38. The zero-order valence-corrected chi connectivity index (χ0v) is 14.1. The number of rotatable bonds is 3. The Labute approximate surface area is 139 Å². The molecule has 0 N–H and O–H groups in total. The number of hydrogen-bond acceptors (Lipinski definition) is 5. The Morgan fingerprint density at radius 2 is 2.12 bits per heavy atom. The maximum atomic E-state index is 13.0. The summed E-state index contributed by atoms with van der Waals surface area (Å²) >= 11 is 0. The van der Waals surface area contributed by atoms with E-state index in [1.807, 2.05) is 18.3 Å². The highest BCUT2D eigenvalue weighted by Gasteiger charge is 2.36. The predicted octanol–water partition coefficient (Wildman–Crippen LogP) is 1.38. The van der Waals surface area contributed by atoms with Crippen LogP contribution >= 0.6 is 0 Å². The molecule has 0 amide bonds. The standard InChI is InChI=1S/C15H18N6O2S/c1-19-10-15(16-11-19)24(22,23)21-8-3-2-4-13(21)12-6-9-20-14(18-12)5-7-17-20/h5-7,9-11,13H,2-4,8H2,1H3/t13-/m0/s1. The van der Waals surface area contributed by atoms with Crippen LogP contribution in [-0.2, 0) is 17.1 Å². The van der Waals surface area contributed by atoms with Crippen LogP contribution in [0.3, 0.4) is 0 Å². The lowest BCUT2D eigenvalue weighted by molar-refractivity contribution is 0.251. The molecule has 0 aliphatic carbocycles. The van der Waals surface area contributed by atoms with Crippen LogP contribution in [0.25, 0.3) is 5.65 Å². The van der Waals surface area contributed by atoms with Gasteiger partial charge in [-0.25, -0.2) is 22.9 Å². The maximum absolute atomic E-state index is 13.0. The fourth-order valence-electron chi connectivity index (χ4n) is 3.14. The second-order valence-electron chi connectivity index (χ2n) is 5.99. The van der Waals surface area contributed by atoms with E-state index in [1.165, 1.54) is 16.8 Å². The first kappa shape index (κ1) is 15.3. The summed E-state index contributed by atoms with van der Waals surface area (Å²) < 4.78 is 30.9. The molecule has 0 unspecified atom stereocenters. The van der Waals surface area contributed by atoms with Gasteiger partial charge in [-0.1, -0.05) is 6.42 Å². The molecular weight excluding hydrogens is 328 g/mol. The third kappa shape index (κ3) is 2.49. The zero-order chi connectivity index (χ0) is 16.7. The van der Waals surface area contributed by atoms with Crippen molar-refractivity contribution in [2.45, 2.75) is 30.3 Å². The Balaban J connectivity index is 1.75. The van der Waals surface area contributed by atoms with Crippen LogP contribution in [0.5, 0.6) is 0 Å². The van der Waals surface area contributed by atoms with Gasteiger partial charge in [-0.3, -0.25) is 0 Å². The van der Waals surface area contributed by atoms with Gasteiger partial charge in [-0.15, -0.1) is 0 Å². The summed E-state index contributed by atoms with van der Waals surface area (Å²) in [4.78, 5) is 8.62. The van der Waals surface area contributed by atoms with Crippen LogP contribution in [0.15, 0.2) is 42.1 Å². The van der Waals surface area contributed by atoms with E-state index >= 15 is 0 Å². The molecule has 1 aliphatic heterocycles. The first-order valence-electron chi connectivity index (χ1n) is 7.86. The van der Waals surface area contributed by atoms with Crippen molar-refractivity contribution in [1.82, 2.24) is 28.5 Å². The van der Waals surface area contributed by atoms with Gasteiger partial charge in [0.15, 0.2) is 10.7 Å². The van der Waals surface area contributed by atoms with Crippen molar-refractivity contribution in [3.05, 3.63) is 42.7 Å². The predicted molar refractivity (Wildman–Crippen MR) is 86.7 cm³/mol. The third-order valence-corrected chi connectivity index (χ3v) is 6.12. The minimum Gasteiger partial charge on any atom is -0.339 e. The molecule has 1 aliphatic rings. The van der Waals surface area contributed by atoms with Gasteiger partial charge in [-0.2, -0.15) is 9.40 Å². The lowest BCUT2D eigenvalue weighted by atomic mass is 10.0. The fourth-order valence-corrected chi connectivity index (χ4v) is 4.78. The average Bonchev–Trinajstić information content (AvgIpc) is 3.23. The van der Waals surface area contributed by atoms with Gasteiger partial charge in [0.1, 0.15) is 0 Å². The van der Waals surface area contributed by atoms with E-state index in [4.69, 9.17) is 0 Å². The first-order chi connectivity index (χ1) is 11.6. The van der Waals surface area contributed by atoms with Gasteiger partial charge in [0.05, 0.1) is 24.3 Å². The highest BCUT2D eigenvalue weighted by Crippen LogP contribution is 2.34. The molecule has 3 aromatic rings. The lowest BCUT2D eigenvalue weighted by Gasteiger charge is -2.33. The highest BCUT2D eigenvalue weighted by atomic mass is 32.2. The molecule has 24 heavy (non-hydrogen) atoms. The Morgan fingerprint density at radius 1 is 1.25 bits per heavy atom. The number of fused-ring (bicyclic) bond motifs is 1. The van der Waals surface area contributed by atoms with Crippen LogP contribution in [0.4, 0.5) is 0 Å². The molecule has 0 bridgehead atoms. The molecule has 3 aromatic heterocycles. The van der Waals surface area contributed by atoms with Gasteiger partial charge in [0.25, 0.3) is 10.0 Å². The monoisotopic (exact) mass is 346 g/mol. The van der Waals surface area contributed by atoms with Crippen molar-refractivity contribution in [2.24, 2.45) is 7.05 Å². The van der Waals surface area contributed by atoms with Crippen molar-refractivity contribution >= 4 is 15.7 Å². The third-order valence-electron chi connectivity index (χ3n) is 4.33. The summed E-state index contributed by atoms with van der Waals surface area (Å²) in [5, 5.41) is 4.22. The molecule has 8 nitrogen and oxygen atoms in total. The largest absolute Gasteiger partial charge is 0.339 e. The van der Waals surface area contributed by atoms with E-state index in [1.54, 1.807) is 22.3 Å². The van der Waals surface area contributed by atoms with Gasteiger partial charge in [0.2, 0.25) is 0 Å². The normalized spacial score (nSPS) is 19.8. The minimum atomic E-state index is -3.64. The van der Waals surface area contributed by atoms with E-state index in [2.05, 4.69) is 15.1 Å². The van der Waals surface area contributed by atoms with Crippen LogP contribution in [0, 0.1) is 0 Å². The number of imidazole rings is 1. The van der Waals surface area contributed by atoms with Crippen LogP contribution in [0.1, 0.15) is 31.0 Å². The highest BCUT2D eigenvalue weighted by molar-refractivity contribution is 7.89. The van der Waals surface area contributed by atoms with Gasteiger partial charge >= 0.3 is 0 Å². The van der Waals surface area contributed by atoms with Gasteiger partial charge < -0.3 is 4.57 Å². The van der Waals surface area contributed by atoms with Crippen molar-refractivity contribution in [3.8, 4) is 0 Å². The van der Waals surface area contributed by atoms with Crippen LogP contribution in [0.2, 0.25) is 0 Å². The molecule has 0 spiro atoms. The van der Waals surface area contributed by atoms with Crippen molar-refractivity contribution in [3.63, 3.8) is 0 Å². The second-order valence-corrected chi connectivity index (χ2v) is 7.83. The number of sulfonamides is 1. The van der Waals surface area contributed by atoms with Gasteiger partial charge in [0, 0.05) is 32.1 Å². The van der Waals surface area contributed by atoms with E-state index in [0.717, 1.165) is 25.0 Å². The molecule has 1 fully saturated rings. The molecule has 1 atom stereocenters. The number of aromatic nitrogens is 5. The Bertz CT molecular complexity index is 977. The van der Waals surface area contributed by atoms with E-state index < -0.39 is 10.0 Å². The summed E-state index contributed by atoms with van der Waals surface area (Å²) in [6.45, 7) is 0.482. The number of nitrogens with zero attached hydrogens (tertiary/aromatic N) is 6.